The fraction of sp³-hybridized carbons (Fsp3) is 0.333. The lowest BCUT2D eigenvalue weighted by atomic mass is 10.3. The number of hydrogen-bond donors (Lipinski definition) is 0. The highest BCUT2D eigenvalue weighted by Gasteiger charge is 2.17. The summed E-state index contributed by atoms with van der Waals surface area (Å²) in [5, 5.41) is -0.131. The van der Waals surface area contributed by atoms with Gasteiger partial charge in [-0.3, -0.25) is 0 Å². The minimum Gasteiger partial charge on any atom is -0.311 e. The van der Waals surface area contributed by atoms with E-state index in [0.717, 1.165) is 39.3 Å². The number of imidazole rings is 1. The molecule has 0 aliphatic rings. The minimum atomic E-state index is -0.131. The lowest BCUT2D eigenvalue weighted by Gasteiger charge is -2.09. The van der Waals surface area contributed by atoms with Gasteiger partial charge < -0.3 is 4.57 Å². The number of thiophene rings is 1. The Labute approximate surface area is 141 Å². The van der Waals surface area contributed by atoms with E-state index < -0.39 is 0 Å². The molecule has 0 N–H and O–H groups in total. The molecule has 0 aliphatic carbocycles. The van der Waals surface area contributed by atoms with Crippen molar-refractivity contribution in [1.82, 2.24) is 14.5 Å². The number of aromatic nitrogens is 3. The average Bonchev–Trinajstić information content (AvgIpc) is 3.01. The van der Waals surface area contributed by atoms with Crippen molar-refractivity contribution in [2.45, 2.75) is 32.2 Å². The van der Waals surface area contributed by atoms with E-state index in [1.54, 1.807) is 11.3 Å². The van der Waals surface area contributed by atoms with Crippen molar-refractivity contribution in [1.29, 1.82) is 0 Å². The molecule has 3 aromatic heterocycles. The molecule has 21 heavy (non-hydrogen) atoms. The Bertz CT molecular complexity index is 778. The number of fused-ring (bicyclic) bond motifs is 1. The minimum absolute atomic E-state index is 0.131. The molecule has 0 bridgehead atoms. The summed E-state index contributed by atoms with van der Waals surface area (Å²) in [5.41, 5.74) is 3.01. The van der Waals surface area contributed by atoms with Gasteiger partial charge in [-0.15, -0.1) is 22.9 Å². The third kappa shape index (κ3) is 3.00. The first-order chi connectivity index (χ1) is 10.1. The van der Waals surface area contributed by atoms with Crippen LogP contribution >= 0.6 is 38.9 Å². The predicted molar refractivity (Wildman–Crippen MR) is 92.3 cm³/mol. The normalized spacial score (nSPS) is 13.0. The van der Waals surface area contributed by atoms with Gasteiger partial charge in [-0.2, -0.15) is 0 Å². The Morgan fingerprint density at radius 3 is 2.86 bits per heavy atom. The van der Waals surface area contributed by atoms with Gasteiger partial charge >= 0.3 is 0 Å². The molecule has 0 amide bonds. The summed E-state index contributed by atoms with van der Waals surface area (Å²) in [5.74, 6) is 0.893. The van der Waals surface area contributed by atoms with Crippen molar-refractivity contribution in [2.24, 2.45) is 0 Å². The van der Waals surface area contributed by atoms with Crippen LogP contribution in [-0.4, -0.2) is 14.5 Å². The topological polar surface area (TPSA) is 30.7 Å². The smallest absolute Gasteiger partial charge is 0.160 e. The molecule has 3 nitrogen and oxygen atoms in total. The molecule has 1 atom stereocenters. The van der Waals surface area contributed by atoms with Crippen LogP contribution in [-0.2, 0) is 13.0 Å². The van der Waals surface area contributed by atoms with Gasteiger partial charge in [0.2, 0.25) is 0 Å². The monoisotopic (exact) mass is 383 g/mol. The maximum atomic E-state index is 6.30. The molecule has 3 rings (SSSR count). The highest BCUT2D eigenvalue weighted by atomic mass is 79.9. The summed E-state index contributed by atoms with van der Waals surface area (Å²) >= 11 is 11.6. The summed E-state index contributed by atoms with van der Waals surface area (Å²) in [6.07, 6.45) is 2.79. The second-order valence-corrected chi connectivity index (χ2v) is 8.20. The van der Waals surface area contributed by atoms with Gasteiger partial charge in [0.25, 0.3) is 0 Å². The molecule has 0 saturated heterocycles. The van der Waals surface area contributed by atoms with E-state index >= 15 is 0 Å². The molecule has 0 radical (unpaired) electrons. The van der Waals surface area contributed by atoms with Crippen molar-refractivity contribution < 1.29 is 0 Å². The lowest BCUT2D eigenvalue weighted by Crippen LogP contribution is -2.07. The average molecular weight is 385 g/mol. The maximum absolute atomic E-state index is 6.30. The summed E-state index contributed by atoms with van der Waals surface area (Å²) in [6.45, 7) is 4.85. The van der Waals surface area contributed by atoms with Crippen molar-refractivity contribution in [2.75, 3.05) is 0 Å². The molecular formula is C15H15BrClN3S. The molecule has 110 valence electrons. The zero-order valence-corrected chi connectivity index (χ0v) is 15.0. The standard InChI is InChI=1S/C15H15BrClN3S/c1-9-5-7-18-15-13(9)19-14(10(2)17)20(15)8-6-11-3-4-12(16)21-11/h3-5,7,10H,6,8H2,1-2H3. The second-order valence-electron chi connectivity index (χ2n) is 4.99. The van der Waals surface area contributed by atoms with E-state index in [1.165, 1.54) is 4.88 Å². The number of pyridine rings is 1. The number of alkyl halides is 1. The van der Waals surface area contributed by atoms with Crippen molar-refractivity contribution >= 4 is 50.0 Å². The van der Waals surface area contributed by atoms with Crippen LogP contribution in [0.1, 0.15) is 28.6 Å². The first-order valence-corrected chi connectivity index (χ1v) is 8.81. The van der Waals surface area contributed by atoms with E-state index in [9.17, 15) is 0 Å². The summed E-state index contributed by atoms with van der Waals surface area (Å²) in [4.78, 5) is 10.5. The quantitative estimate of drug-likeness (QED) is 0.585. The summed E-state index contributed by atoms with van der Waals surface area (Å²) < 4.78 is 3.31. The molecular weight excluding hydrogens is 370 g/mol. The fourth-order valence-corrected chi connectivity index (χ4v) is 4.03. The van der Waals surface area contributed by atoms with Gasteiger partial charge in [-0.1, -0.05) is 0 Å². The maximum Gasteiger partial charge on any atom is 0.160 e. The Morgan fingerprint density at radius 1 is 1.38 bits per heavy atom. The van der Waals surface area contributed by atoms with Gasteiger partial charge in [0.15, 0.2) is 5.65 Å². The SMILES string of the molecule is Cc1ccnc2c1nc(C(C)Cl)n2CCc1ccc(Br)s1. The molecule has 6 heteroatoms. The van der Waals surface area contributed by atoms with Gasteiger partial charge in [0.1, 0.15) is 11.3 Å². The largest absolute Gasteiger partial charge is 0.311 e. The second kappa shape index (κ2) is 6.07. The van der Waals surface area contributed by atoms with Crippen molar-refractivity contribution in [3.63, 3.8) is 0 Å². The molecule has 0 aromatic carbocycles. The highest BCUT2D eigenvalue weighted by molar-refractivity contribution is 9.11. The summed E-state index contributed by atoms with van der Waals surface area (Å²) in [6, 6.07) is 6.22. The molecule has 0 spiro atoms. The summed E-state index contributed by atoms with van der Waals surface area (Å²) in [7, 11) is 0. The van der Waals surface area contributed by atoms with Crippen molar-refractivity contribution in [3.05, 3.63) is 44.4 Å². The molecule has 0 fully saturated rings. The van der Waals surface area contributed by atoms with Crippen LogP contribution in [0.5, 0.6) is 0 Å². The Hall–Kier alpha value is -0.910. The predicted octanol–water partition coefficient (Wildman–Crippen LogP) is 5.11. The van der Waals surface area contributed by atoms with E-state index in [-0.39, 0.29) is 5.38 Å². The van der Waals surface area contributed by atoms with Gasteiger partial charge in [0.05, 0.1) is 9.16 Å². The van der Waals surface area contributed by atoms with E-state index in [1.807, 2.05) is 19.2 Å². The molecule has 3 heterocycles. The first-order valence-electron chi connectivity index (χ1n) is 6.76. The number of aryl methyl sites for hydroxylation is 3. The van der Waals surface area contributed by atoms with Crippen LogP contribution in [0.2, 0.25) is 0 Å². The highest BCUT2D eigenvalue weighted by Crippen LogP contribution is 2.27. The molecule has 0 aliphatic heterocycles. The van der Waals surface area contributed by atoms with Crippen LogP contribution in [0.3, 0.4) is 0 Å². The Kier molecular flexibility index (Phi) is 4.33. The zero-order valence-electron chi connectivity index (χ0n) is 11.8. The Morgan fingerprint density at radius 2 is 2.19 bits per heavy atom. The zero-order chi connectivity index (χ0) is 15.0. The van der Waals surface area contributed by atoms with Crippen molar-refractivity contribution in [3.8, 4) is 0 Å². The molecule has 3 aromatic rings. The Balaban J connectivity index is 1.99. The number of hydrogen-bond acceptors (Lipinski definition) is 3. The van der Waals surface area contributed by atoms with Crippen LogP contribution in [0, 0.1) is 6.92 Å². The van der Waals surface area contributed by atoms with Crippen LogP contribution in [0.4, 0.5) is 0 Å². The van der Waals surface area contributed by atoms with Gasteiger partial charge in [0, 0.05) is 17.6 Å². The lowest BCUT2D eigenvalue weighted by molar-refractivity contribution is 0.667. The number of rotatable bonds is 4. The van der Waals surface area contributed by atoms with Gasteiger partial charge in [-0.05, 0) is 60.0 Å². The van der Waals surface area contributed by atoms with Crippen LogP contribution < -0.4 is 0 Å². The number of nitrogens with zero attached hydrogens (tertiary/aromatic N) is 3. The third-order valence-corrected chi connectivity index (χ3v) is 5.31. The van der Waals surface area contributed by atoms with E-state index in [0.29, 0.717) is 0 Å². The van der Waals surface area contributed by atoms with Gasteiger partial charge in [-0.25, -0.2) is 9.97 Å². The number of halogens is 2. The first kappa shape index (κ1) is 15.0. The van der Waals surface area contributed by atoms with Crippen LogP contribution in [0.25, 0.3) is 11.2 Å². The molecule has 1 unspecified atom stereocenters. The third-order valence-electron chi connectivity index (χ3n) is 3.43. The fourth-order valence-electron chi connectivity index (χ4n) is 2.39. The van der Waals surface area contributed by atoms with E-state index in [4.69, 9.17) is 16.6 Å². The van der Waals surface area contributed by atoms with E-state index in [2.05, 4.69) is 44.5 Å². The van der Waals surface area contributed by atoms with Crippen LogP contribution in [0.15, 0.2) is 28.2 Å². The molecule has 0 saturated carbocycles.